The topological polar surface area (TPSA) is 60.2 Å². The lowest BCUT2D eigenvalue weighted by atomic mass is 10.1. The van der Waals surface area contributed by atoms with Gasteiger partial charge in [-0.05, 0) is 25.7 Å². The Bertz CT molecular complexity index is 358. The first-order valence-electron chi connectivity index (χ1n) is 5.59. The number of nitrogens with zero attached hydrogens (tertiary/aromatic N) is 3. The fourth-order valence-electron chi connectivity index (χ4n) is 2.39. The van der Waals surface area contributed by atoms with E-state index in [1.807, 2.05) is 4.57 Å². The van der Waals surface area contributed by atoms with Gasteiger partial charge in [-0.2, -0.15) is 0 Å². The van der Waals surface area contributed by atoms with Gasteiger partial charge in [-0.15, -0.1) is 10.2 Å². The van der Waals surface area contributed by atoms with Crippen molar-refractivity contribution in [1.82, 2.24) is 14.8 Å². The molecule has 2 atom stereocenters. The quantitative estimate of drug-likeness (QED) is 0.748. The minimum absolute atomic E-state index is 0.0940. The van der Waals surface area contributed by atoms with Crippen molar-refractivity contribution >= 4 is 0 Å². The van der Waals surface area contributed by atoms with Crippen LogP contribution in [0.25, 0.3) is 0 Å². The third-order valence-corrected chi connectivity index (χ3v) is 3.18. The Kier molecular flexibility index (Phi) is 2.21. The molecule has 1 fully saturated rings. The second kappa shape index (κ2) is 3.57. The Hall–Kier alpha value is -0.940. The minimum Gasteiger partial charge on any atom is -0.385 e. The van der Waals surface area contributed by atoms with Crippen molar-refractivity contribution in [3.8, 4) is 0 Å². The SMILES string of the molecule is OC1CCCn2c1nnc2C1CCCO1. The summed E-state index contributed by atoms with van der Waals surface area (Å²) in [6, 6.07) is 0. The summed E-state index contributed by atoms with van der Waals surface area (Å²) in [6.45, 7) is 1.73. The van der Waals surface area contributed by atoms with E-state index in [4.69, 9.17) is 4.74 Å². The number of hydrogen-bond acceptors (Lipinski definition) is 4. The Labute approximate surface area is 88.1 Å². The van der Waals surface area contributed by atoms with Crippen LogP contribution in [0.2, 0.25) is 0 Å². The summed E-state index contributed by atoms with van der Waals surface area (Å²) >= 11 is 0. The number of ether oxygens (including phenoxy) is 1. The van der Waals surface area contributed by atoms with Crippen LogP contribution in [-0.2, 0) is 11.3 Å². The summed E-state index contributed by atoms with van der Waals surface area (Å²) in [5.74, 6) is 1.62. The van der Waals surface area contributed by atoms with Gasteiger partial charge in [0, 0.05) is 13.2 Å². The number of aromatic nitrogens is 3. The van der Waals surface area contributed by atoms with E-state index in [9.17, 15) is 5.11 Å². The fraction of sp³-hybridized carbons (Fsp3) is 0.800. The maximum Gasteiger partial charge on any atom is 0.162 e. The molecule has 5 heteroatoms. The van der Waals surface area contributed by atoms with E-state index in [0.717, 1.165) is 44.7 Å². The van der Waals surface area contributed by atoms with Crippen LogP contribution in [0.5, 0.6) is 0 Å². The molecular formula is C10H15N3O2. The number of rotatable bonds is 1. The van der Waals surface area contributed by atoms with Gasteiger partial charge in [0.2, 0.25) is 0 Å². The fourth-order valence-corrected chi connectivity index (χ4v) is 2.39. The third-order valence-electron chi connectivity index (χ3n) is 3.18. The molecule has 0 amide bonds. The Morgan fingerprint density at radius 1 is 1.20 bits per heavy atom. The summed E-state index contributed by atoms with van der Waals surface area (Å²) in [4.78, 5) is 0. The molecule has 0 saturated carbocycles. The highest BCUT2D eigenvalue weighted by Gasteiger charge is 2.29. The van der Waals surface area contributed by atoms with Crippen molar-refractivity contribution in [3.63, 3.8) is 0 Å². The lowest BCUT2D eigenvalue weighted by Gasteiger charge is -2.20. The Morgan fingerprint density at radius 3 is 2.87 bits per heavy atom. The van der Waals surface area contributed by atoms with Crippen molar-refractivity contribution in [2.75, 3.05) is 6.61 Å². The average Bonchev–Trinajstić information content (AvgIpc) is 2.85. The van der Waals surface area contributed by atoms with Gasteiger partial charge in [0.15, 0.2) is 11.6 Å². The molecule has 0 bridgehead atoms. The number of fused-ring (bicyclic) bond motifs is 1. The zero-order valence-corrected chi connectivity index (χ0v) is 8.59. The number of hydrogen-bond donors (Lipinski definition) is 1. The monoisotopic (exact) mass is 209 g/mol. The first-order valence-corrected chi connectivity index (χ1v) is 5.59. The average molecular weight is 209 g/mol. The van der Waals surface area contributed by atoms with Gasteiger partial charge < -0.3 is 14.4 Å². The lowest BCUT2D eigenvalue weighted by molar-refractivity contribution is 0.0956. The van der Waals surface area contributed by atoms with Crippen LogP contribution >= 0.6 is 0 Å². The van der Waals surface area contributed by atoms with Crippen LogP contribution in [0, 0.1) is 0 Å². The van der Waals surface area contributed by atoms with Crippen LogP contribution < -0.4 is 0 Å². The van der Waals surface area contributed by atoms with Crippen LogP contribution in [0.15, 0.2) is 0 Å². The van der Waals surface area contributed by atoms with Crippen molar-refractivity contribution < 1.29 is 9.84 Å². The summed E-state index contributed by atoms with van der Waals surface area (Å²) in [7, 11) is 0. The molecule has 0 aliphatic carbocycles. The highest BCUT2D eigenvalue weighted by Crippen LogP contribution is 2.31. The van der Waals surface area contributed by atoms with Gasteiger partial charge in [-0.1, -0.05) is 0 Å². The normalized spacial score (nSPS) is 30.5. The van der Waals surface area contributed by atoms with E-state index < -0.39 is 6.10 Å². The second-order valence-corrected chi connectivity index (χ2v) is 4.23. The molecule has 1 aromatic heterocycles. The van der Waals surface area contributed by atoms with Gasteiger partial charge in [0.1, 0.15) is 12.2 Å². The van der Waals surface area contributed by atoms with Crippen molar-refractivity contribution in [3.05, 3.63) is 11.6 Å². The Balaban J connectivity index is 1.95. The molecule has 3 heterocycles. The maximum absolute atomic E-state index is 9.75. The first kappa shape index (κ1) is 9.30. The highest BCUT2D eigenvalue weighted by atomic mass is 16.5. The van der Waals surface area contributed by atoms with E-state index in [2.05, 4.69) is 10.2 Å². The molecule has 1 N–H and O–H groups in total. The van der Waals surface area contributed by atoms with Gasteiger partial charge in [0.25, 0.3) is 0 Å². The lowest BCUT2D eigenvalue weighted by Crippen LogP contribution is -2.18. The largest absolute Gasteiger partial charge is 0.385 e. The van der Waals surface area contributed by atoms with Crippen molar-refractivity contribution in [2.24, 2.45) is 0 Å². The molecule has 82 valence electrons. The van der Waals surface area contributed by atoms with Crippen LogP contribution in [0.4, 0.5) is 0 Å². The van der Waals surface area contributed by atoms with E-state index >= 15 is 0 Å². The van der Waals surface area contributed by atoms with Gasteiger partial charge >= 0.3 is 0 Å². The molecule has 0 radical (unpaired) electrons. The zero-order chi connectivity index (χ0) is 10.3. The van der Waals surface area contributed by atoms with Crippen LogP contribution in [0.3, 0.4) is 0 Å². The molecule has 1 saturated heterocycles. The molecule has 1 aromatic rings. The zero-order valence-electron chi connectivity index (χ0n) is 8.59. The van der Waals surface area contributed by atoms with Crippen LogP contribution in [0.1, 0.15) is 49.5 Å². The van der Waals surface area contributed by atoms with Gasteiger partial charge in [-0.3, -0.25) is 0 Å². The highest BCUT2D eigenvalue weighted by molar-refractivity contribution is 5.05. The number of aliphatic hydroxyl groups is 1. The standard InChI is InChI=1S/C10H15N3O2/c14-7-3-1-5-13-9(7)11-12-10(13)8-4-2-6-15-8/h7-8,14H,1-6H2. The summed E-state index contributed by atoms with van der Waals surface area (Å²) < 4.78 is 7.63. The maximum atomic E-state index is 9.75. The smallest absolute Gasteiger partial charge is 0.162 e. The predicted octanol–water partition coefficient (Wildman–Crippen LogP) is 0.957. The number of aliphatic hydroxyl groups excluding tert-OH is 1. The predicted molar refractivity (Wildman–Crippen MR) is 52.1 cm³/mol. The molecule has 5 nitrogen and oxygen atoms in total. The molecule has 0 spiro atoms. The Morgan fingerprint density at radius 2 is 2.07 bits per heavy atom. The summed E-state index contributed by atoms with van der Waals surface area (Å²) in [6.07, 6.45) is 3.55. The molecule has 15 heavy (non-hydrogen) atoms. The third kappa shape index (κ3) is 1.46. The molecular weight excluding hydrogens is 194 g/mol. The molecule has 0 aromatic carbocycles. The molecule has 2 unspecified atom stereocenters. The van der Waals surface area contributed by atoms with Crippen LogP contribution in [-0.4, -0.2) is 26.5 Å². The first-order chi connectivity index (χ1) is 7.36. The van der Waals surface area contributed by atoms with Crippen molar-refractivity contribution in [2.45, 2.75) is 44.4 Å². The molecule has 2 aliphatic rings. The summed E-state index contributed by atoms with van der Waals surface area (Å²) in [5, 5.41) is 18.0. The van der Waals surface area contributed by atoms with Gasteiger partial charge in [-0.25, -0.2) is 0 Å². The molecule has 3 rings (SSSR count). The summed E-state index contributed by atoms with van der Waals surface area (Å²) in [5.41, 5.74) is 0. The van der Waals surface area contributed by atoms with E-state index in [-0.39, 0.29) is 6.10 Å². The van der Waals surface area contributed by atoms with Crippen molar-refractivity contribution in [1.29, 1.82) is 0 Å². The molecule has 2 aliphatic heterocycles. The van der Waals surface area contributed by atoms with E-state index in [1.54, 1.807) is 0 Å². The van der Waals surface area contributed by atoms with E-state index in [1.165, 1.54) is 0 Å². The second-order valence-electron chi connectivity index (χ2n) is 4.23. The van der Waals surface area contributed by atoms with Gasteiger partial charge in [0.05, 0.1) is 0 Å². The minimum atomic E-state index is -0.443. The van der Waals surface area contributed by atoms with E-state index in [0.29, 0.717) is 5.82 Å².